The standard InChI is InChI=1S/C9H12F3NO3S/c10-9(11,12)2-1-7(14)13-3-4-17-5-6(13)8(15)16/h6H,1-5H2,(H,15,16). The number of hydrogen-bond acceptors (Lipinski definition) is 3. The predicted molar refractivity (Wildman–Crippen MR) is 55.8 cm³/mol. The van der Waals surface area contributed by atoms with Gasteiger partial charge in [0.05, 0.1) is 6.42 Å². The van der Waals surface area contributed by atoms with Crippen molar-refractivity contribution in [3.63, 3.8) is 0 Å². The van der Waals surface area contributed by atoms with E-state index in [-0.39, 0.29) is 12.3 Å². The Bertz CT molecular complexity index is 308. The summed E-state index contributed by atoms with van der Waals surface area (Å²) in [5.41, 5.74) is 0. The Morgan fingerprint density at radius 1 is 1.41 bits per heavy atom. The zero-order valence-corrected chi connectivity index (χ0v) is 9.68. The lowest BCUT2D eigenvalue weighted by Gasteiger charge is -2.32. The first-order valence-electron chi connectivity index (χ1n) is 4.98. The Morgan fingerprint density at radius 3 is 2.59 bits per heavy atom. The number of nitrogens with zero attached hydrogens (tertiary/aromatic N) is 1. The van der Waals surface area contributed by atoms with Crippen molar-refractivity contribution in [1.29, 1.82) is 0 Å². The van der Waals surface area contributed by atoms with Crippen molar-refractivity contribution in [3.8, 4) is 0 Å². The highest BCUT2D eigenvalue weighted by Gasteiger charge is 2.34. The van der Waals surface area contributed by atoms with Crippen LogP contribution in [0.15, 0.2) is 0 Å². The van der Waals surface area contributed by atoms with E-state index in [4.69, 9.17) is 5.11 Å². The molecule has 1 aliphatic heterocycles. The molecule has 0 aromatic rings. The van der Waals surface area contributed by atoms with Gasteiger partial charge >= 0.3 is 12.1 Å². The molecule has 1 unspecified atom stereocenters. The summed E-state index contributed by atoms with van der Waals surface area (Å²) in [7, 11) is 0. The second-order valence-electron chi connectivity index (χ2n) is 3.63. The van der Waals surface area contributed by atoms with Crippen LogP contribution < -0.4 is 0 Å². The predicted octanol–water partition coefficient (Wildman–Crippen LogP) is 1.36. The molecule has 0 spiro atoms. The van der Waals surface area contributed by atoms with Crippen molar-refractivity contribution in [2.45, 2.75) is 25.1 Å². The summed E-state index contributed by atoms with van der Waals surface area (Å²) >= 11 is 1.38. The molecular weight excluding hydrogens is 259 g/mol. The molecule has 98 valence electrons. The van der Waals surface area contributed by atoms with Crippen LogP contribution in [0.3, 0.4) is 0 Å². The van der Waals surface area contributed by atoms with E-state index in [0.717, 1.165) is 4.90 Å². The van der Waals surface area contributed by atoms with Gasteiger partial charge < -0.3 is 10.0 Å². The van der Waals surface area contributed by atoms with Crippen LogP contribution in [0.1, 0.15) is 12.8 Å². The third-order valence-electron chi connectivity index (χ3n) is 2.36. The molecule has 0 aliphatic carbocycles. The summed E-state index contributed by atoms with van der Waals surface area (Å²) < 4.78 is 35.8. The molecule has 0 aromatic heterocycles. The van der Waals surface area contributed by atoms with Crippen LogP contribution in [0.5, 0.6) is 0 Å². The van der Waals surface area contributed by atoms with Gasteiger partial charge in [-0.15, -0.1) is 0 Å². The topological polar surface area (TPSA) is 57.6 Å². The Morgan fingerprint density at radius 2 is 2.06 bits per heavy atom. The minimum absolute atomic E-state index is 0.193. The number of hydrogen-bond donors (Lipinski definition) is 1. The molecule has 1 heterocycles. The summed E-state index contributed by atoms with van der Waals surface area (Å²) in [5.74, 6) is -1.12. The number of carbonyl (C=O) groups excluding carboxylic acids is 1. The number of thioether (sulfide) groups is 1. The largest absolute Gasteiger partial charge is 0.480 e. The summed E-state index contributed by atoms with van der Waals surface area (Å²) in [6.45, 7) is 0.193. The van der Waals surface area contributed by atoms with Gasteiger partial charge in [0.15, 0.2) is 0 Å². The molecule has 1 fully saturated rings. The zero-order valence-electron chi connectivity index (χ0n) is 8.87. The number of carboxylic acids is 1. The highest BCUT2D eigenvalue weighted by molar-refractivity contribution is 7.99. The molecule has 4 nitrogen and oxygen atoms in total. The van der Waals surface area contributed by atoms with Gasteiger partial charge in [0.25, 0.3) is 0 Å². The smallest absolute Gasteiger partial charge is 0.389 e. The normalized spacial score (nSPS) is 21.4. The first-order valence-corrected chi connectivity index (χ1v) is 6.13. The molecular formula is C9H12F3NO3S. The number of carbonyl (C=O) groups is 2. The number of rotatable bonds is 3. The van der Waals surface area contributed by atoms with Crippen LogP contribution in [0, 0.1) is 0 Å². The third kappa shape index (κ3) is 4.45. The van der Waals surface area contributed by atoms with Crippen molar-refractivity contribution < 1.29 is 27.9 Å². The van der Waals surface area contributed by atoms with E-state index in [2.05, 4.69) is 0 Å². The van der Waals surface area contributed by atoms with Gasteiger partial charge in [0, 0.05) is 24.5 Å². The molecule has 17 heavy (non-hydrogen) atoms. The average Bonchev–Trinajstić information content (AvgIpc) is 2.25. The van der Waals surface area contributed by atoms with Crippen molar-refractivity contribution in [2.75, 3.05) is 18.1 Å². The summed E-state index contributed by atoms with van der Waals surface area (Å²) in [6.07, 6.45) is -6.28. The van der Waals surface area contributed by atoms with Gasteiger partial charge in [-0.3, -0.25) is 4.79 Å². The summed E-state index contributed by atoms with van der Waals surface area (Å²) in [5, 5.41) is 8.86. The maximum atomic E-state index is 11.9. The molecule has 1 saturated heterocycles. The Kier molecular flexibility index (Phi) is 4.67. The quantitative estimate of drug-likeness (QED) is 0.842. The first-order chi connectivity index (χ1) is 7.81. The molecule has 8 heteroatoms. The van der Waals surface area contributed by atoms with Crippen LogP contribution >= 0.6 is 11.8 Å². The number of alkyl halides is 3. The lowest BCUT2D eigenvalue weighted by atomic mass is 10.2. The van der Waals surface area contributed by atoms with Crippen LogP contribution in [0.4, 0.5) is 13.2 Å². The highest BCUT2D eigenvalue weighted by Crippen LogP contribution is 2.24. The fraction of sp³-hybridized carbons (Fsp3) is 0.778. The third-order valence-corrected chi connectivity index (χ3v) is 3.38. The van der Waals surface area contributed by atoms with Crippen molar-refractivity contribution in [1.82, 2.24) is 4.90 Å². The van der Waals surface area contributed by atoms with Gasteiger partial charge in [-0.05, 0) is 0 Å². The summed E-state index contributed by atoms with van der Waals surface area (Å²) in [4.78, 5) is 23.4. The number of carboxylic acid groups (broad SMARTS) is 1. The molecule has 1 aliphatic rings. The van der Waals surface area contributed by atoms with E-state index in [1.807, 2.05) is 0 Å². The SMILES string of the molecule is O=C(O)C1CSCCN1C(=O)CCC(F)(F)F. The van der Waals surface area contributed by atoms with E-state index in [1.54, 1.807) is 0 Å². The van der Waals surface area contributed by atoms with Gasteiger partial charge in [-0.2, -0.15) is 24.9 Å². The van der Waals surface area contributed by atoms with Gasteiger partial charge in [-0.1, -0.05) is 0 Å². The fourth-order valence-corrected chi connectivity index (χ4v) is 2.54. The highest BCUT2D eigenvalue weighted by atomic mass is 32.2. The Hall–Kier alpha value is -0.920. The minimum Gasteiger partial charge on any atom is -0.480 e. The molecule has 1 N–H and O–H groups in total. The molecule has 0 aromatic carbocycles. The maximum absolute atomic E-state index is 11.9. The second kappa shape index (κ2) is 5.61. The maximum Gasteiger partial charge on any atom is 0.389 e. The van der Waals surface area contributed by atoms with E-state index in [1.165, 1.54) is 11.8 Å². The van der Waals surface area contributed by atoms with E-state index in [0.29, 0.717) is 5.75 Å². The van der Waals surface area contributed by atoms with Crippen molar-refractivity contribution >= 4 is 23.6 Å². The number of halogens is 3. The summed E-state index contributed by atoms with van der Waals surface area (Å²) in [6, 6.07) is -1.01. The fourth-order valence-electron chi connectivity index (χ4n) is 1.50. The molecule has 0 bridgehead atoms. The Balaban J connectivity index is 2.56. The minimum atomic E-state index is -4.39. The van der Waals surface area contributed by atoms with Gasteiger partial charge in [-0.25, -0.2) is 4.79 Å². The first kappa shape index (κ1) is 14.1. The van der Waals surface area contributed by atoms with Gasteiger partial charge in [0.2, 0.25) is 5.91 Å². The lowest BCUT2D eigenvalue weighted by molar-refractivity contribution is -0.155. The molecule has 1 rings (SSSR count). The van der Waals surface area contributed by atoms with Crippen LogP contribution in [-0.4, -0.2) is 52.2 Å². The number of amides is 1. The molecule has 1 amide bonds. The zero-order chi connectivity index (χ0) is 13.1. The lowest BCUT2D eigenvalue weighted by Crippen LogP contribution is -2.50. The second-order valence-corrected chi connectivity index (χ2v) is 4.78. The Labute approximate surface area is 100 Å². The van der Waals surface area contributed by atoms with E-state index in [9.17, 15) is 22.8 Å². The number of aliphatic carboxylic acids is 1. The van der Waals surface area contributed by atoms with E-state index < -0.39 is 36.9 Å². The van der Waals surface area contributed by atoms with Crippen LogP contribution in [0.25, 0.3) is 0 Å². The monoisotopic (exact) mass is 271 g/mol. The van der Waals surface area contributed by atoms with Crippen molar-refractivity contribution in [3.05, 3.63) is 0 Å². The molecule has 0 saturated carbocycles. The van der Waals surface area contributed by atoms with Crippen LogP contribution in [-0.2, 0) is 9.59 Å². The van der Waals surface area contributed by atoms with Crippen LogP contribution in [0.2, 0.25) is 0 Å². The molecule has 1 atom stereocenters. The van der Waals surface area contributed by atoms with E-state index >= 15 is 0 Å². The van der Waals surface area contributed by atoms with Gasteiger partial charge in [0.1, 0.15) is 6.04 Å². The molecule has 0 radical (unpaired) electrons. The van der Waals surface area contributed by atoms with Crippen molar-refractivity contribution in [2.24, 2.45) is 0 Å². The average molecular weight is 271 g/mol.